The number of benzene rings is 1. The van der Waals surface area contributed by atoms with E-state index in [1.165, 1.54) is 0 Å². The molecule has 1 unspecified atom stereocenters. The first-order valence-corrected chi connectivity index (χ1v) is 8.28. The summed E-state index contributed by atoms with van der Waals surface area (Å²) in [6, 6.07) is 5.60. The molecule has 1 aromatic rings. The molecule has 1 saturated heterocycles. The van der Waals surface area contributed by atoms with Crippen molar-refractivity contribution in [3.63, 3.8) is 0 Å². The van der Waals surface area contributed by atoms with E-state index in [1.807, 2.05) is 18.2 Å². The Kier molecular flexibility index (Phi) is 6.15. The number of halogens is 2. The molecular weight excluding hydrogens is 342 g/mol. The van der Waals surface area contributed by atoms with Crippen LogP contribution >= 0.6 is 27.5 Å². The van der Waals surface area contributed by atoms with Gasteiger partial charge < -0.3 is 14.4 Å². The minimum Gasteiger partial charge on any atom is -0.492 e. The lowest BCUT2D eigenvalue weighted by Gasteiger charge is -2.32. The van der Waals surface area contributed by atoms with E-state index >= 15 is 0 Å². The van der Waals surface area contributed by atoms with Crippen LogP contribution < -0.4 is 9.64 Å². The lowest BCUT2D eigenvalue weighted by atomic mass is 10.2. The molecule has 0 saturated carbocycles. The summed E-state index contributed by atoms with van der Waals surface area (Å²) >= 11 is 9.37. The summed E-state index contributed by atoms with van der Waals surface area (Å²) in [5, 5.41) is 0.713. The minimum absolute atomic E-state index is 0.361. The smallest absolute Gasteiger partial charge is 0.133 e. The van der Waals surface area contributed by atoms with E-state index in [4.69, 9.17) is 21.1 Å². The maximum Gasteiger partial charge on any atom is 0.133 e. The molecule has 5 heteroatoms. The third-order valence-electron chi connectivity index (χ3n) is 3.44. The third kappa shape index (κ3) is 4.92. The third-order valence-corrected chi connectivity index (χ3v) is 4.30. The van der Waals surface area contributed by atoms with Crippen LogP contribution in [0.3, 0.4) is 0 Å². The van der Waals surface area contributed by atoms with Crippen molar-refractivity contribution < 1.29 is 14.4 Å². The van der Waals surface area contributed by atoms with Crippen LogP contribution in [0.2, 0.25) is 5.02 Å². The zero-order valence-electron chi connectivity index (χ0n) is 12.0. The van der Waals surface area contributed by atoms with E-state index in [2.05, 4.69) is 29.8 Å². The Morgan fingerprint density at radius 3 is 2.70 bits per heavy atom. The average Bonchev–Trinajstić information content (AvgIpc) is 2.35. The van der Waals surface area contributed by atoms with Gasteiger partial charge in [-0.2, -0.15) is 0 Å². The van der Waals surface area contributed by atoms with Gasteiger partial charge in [0.15, 0.2) is 0 Å². The summed E-state index contributed by atoms with van der Waals surface area (Å²) in [7, 11) is 0. The zero-order chi connectivity index (χ0) is 14.5. The Bertz CT molecular complexity index is 434. The molecule has 3 nitrogen and oxygen atoms in total. The summed E-state index contributed by atoms with van der Waals surface area (Å²) < 4.78 is 12.4. The molecule has 0 bridgehead atoms. The highest BCUT2D eigenvalue weighted by Gasteiger charge is 2.24. The highest BCUT2D eigenvalue weighted by molar-refractivity contribution is 9.10. The second-order valence-corrected chi connectivity index (χ2v) is 6.73. The Balaban J connectivity index is 1.71. The van der Waals surface area contributed by atoms with Crippen molar-refractivity contribution in [2.75, 3.05) is 26.2 Å². The van der Waals surface area contributed by atoms with Gasteiger partial charge in [0.05, 0.1) is 17.6 Å². The van der Waals surface area contributed by atoms with E-state index in [-0.39, 0.29) is 0 Å². The van der Waals surface area contributed by atoms with E-state index in [1.54, 1.807) is 4.90 Å². The molecule has 1 fully saturated rings. The van der Waals surface area contributed by atoms with Crippen molar-refractivity contribution >= 4 is 27.5 Å². The number of rotatable bonds is 5. The van der Waals surface area contributed by atoms with Crippen molar-refractivity contribution in [1.29, 1.82) is 0 Å². The number of quaternary nitrogens is 1. The van der Waals surface area contributed by atoms with Crippen molar-refractivity contribution in [3.8, 4) is 5.75 Å². The first-order valence-electron chi connectivity index (χ1n) is 7.11. The molecule has 1 aromatic carbocycles. The molecule has 1 aliphatic heterocycles. The van der Waals surface area contributed by atoms with Gasteiger partial charge in [-0.05, 0) is 48.0 Å². The molecule has 1 heterocycles. The molecule has 0 amide bonds. The fourth-order valence-electron chi connectivity index (χ4n) is 2.69. The average molecular weight is 364 g/mol. The van der Waals surface area contributed by atoms with Crippen molar-refractivity contribution in [2.24, 2.45) is 0 Å². The summed E-state index contributed by atoms with van der Waals surface area (Å²) in [4.78, 5) is 1.61. The lowest BCUT2D eigenvalue weighted by molar-refractivity contribution is -0.915. The highest BCUT2D eigenvalue weighted by atomic mass is 79.9. The van der Waals surface area contributed by atoms with E-state index in [0.717, 1.165) is 42.9 Å². The molecule has 0 spiro atoms. The van der Waals surface area contributed by atoms with Crippen molar-refractivity contribution in [1.82, 2.24) is 0 Å². The van der Waals surface area contributed by atoms with Gasteiger partial charge in [0, 0.05) is 11.4 Å². The molecular formula is C15H22BrClNO2+. The van der Waals surface area contributed by atoms with Gasteiger partial charge >= 0.3 is 0 Å². The number of nitrogens with one attached hydrogen (secondary N) is 1. The van der Waals surface area contributed by atoms with Crippen LogP contribution in [0.25, 0.3) is 0 Å². The van der Waals surface area contributed by atoms with Gasteiger partial charge in [0.1, 0.15) is 31.0 Å². The predicted molar refractivity (Wildman–Crippen MR) is 84.8 cm³/mol. The quantitative estimate of drug-likeness (QED) is 0.813. The molecule has 20 heavy (non-hydrogen) atoms. The van der Waals surface area contributed by atoms with Crippen LogP contribution in [-0.2, 0) is 4.74 Å². The Morgan fingerprint density at radius 2 is 2.05 bits per heavy atom. The first-order chi connectivity index (χ1) is 9.54. The fourth-order valence-corrected chi connectivity index (χ4v) is 3.49. The summed E-state index contributed by atoms with van der Waals surface area (Å²) in [5.74, 6) is 0.855. The second kappa shape index (κ2) is 7.64. The van der Waals surface area contributed by atoms with Gasteiger partial charge in [-0.1, -0.05) is 11.6 Å². The summed E-state index contributed by atoms with van der Waals surface area (Å²) in [6.45, 7) is 8.34. The highest BCUT2D eigenvalue weighted by Crippen LogP contribution is 2.27. The topological polar surface area (TPSA) is 22.9 Å². The monoisotopic (exact) mass is 362 g/mol. The normalized spacial score (nSPS) is 26.5. The van der Waals surface area contributed by atoms with E-state index < -0.39 is 0 Å². The molecule has 3 atom stereocenters. The van der Waals surface area contributed by atoms with Crippen LogP contribution in [0.5, 0.6) is 5.75 Å². The SMILES string of the molecule is C[C@@H]1C[NH+](CCCOc2ccc(Cl)cc2Br)C[C@H](C)O1. The minimum atomic E-state index is 0.361. The molecule has 0 radical (unpaired) electrons. The van der Waals surface area contributed by atoms with Gasteiger partial charge in [-0.25, -0.2) is 0 Å². The van der Waals surface area contributed by atoms with Crippen LogP contribution in [0.15, 0.2) is 22.7 Å². The van der Waals surface area contributed by atoms with Crippen LogP contribution in [0.1, 0.15) is 20.3 Å². The maximum atomic E-state index is 5.91. The number of hydrogen-bond acceptors (Lipinski definition) is 2. The second-order valence-electron chi connectivity index (χ2n) is 5.44. The summed E-state index contributed by atoms with van der Waals surface area (Å²) in [5.41, 5.74) is 0. The van der Waals surface area contributed by atoms with Crippen LogP contribution in [-0.4, -0.2) is 38.4 Å². The molecule has 1 aliphatic rings. The molecule has 0 aromatic heterocycles. The molecule has 1 N–H and O–H groups in total. The zero-order valence-corrected chi connectivity index (χ0v) is 14.3. The van der Waals surface area contributed by atoms with Crippen LogP contribution in [0.4, 0.5) is 0 Å². The van der Waals surface area contributed by atoms with Gasteiger partial charge in [0.25, 0.3) is 0 Å². The number of hydrogen-bond donors (Lipinski definition) is 1. The number of ether oxygens (including phenoxy) is 2. The first kappa shape index (κ1) is 16.1. The van der Waals surface area contributed by atoms with E-state index in [9.17, 15) is 0 Å². The fraction of sp³-hybridized carbons (Fsp3) is 0.600. The predicted octanol–water partition coefficient (Wildman–Crippen LogP) is 2.56. The van der Waals surface area contributed by atoms with Crippen molar-refractivity contribution in [3.05, 3.63) is 27.7 Å². The molecule has 2 rings (SSSR count). The maximum absolute atomic E-state index is 5.91. The standard InChI is InChI=1S/C15H21BrClNO2/c1-11-9-18(10-12(2)20-11)6-3-7-19-15-5-4-13(17)8-14(15)16/h4-5,8,11-12H,3,6-7,9-10H2,1-2H3/p+1/t11-,12+. The molecule has 112 valence electrons. The van der Waals surface area contributed by atoms with Crippen LogP contribution in [0, 0.1) is 0 Å². The van der Waals surface area contributed by atoms with Crippen molar-refractivity contribution in [2.45, 2.75) is 32.5 Å². The lowest BCUT2D eigenvalue weighted by Crippen LogP contribution is -3.15. The van der Waals surface area contributed by atoms with Gasteiger partial charge in [-0.3, -0.25) is 0 Å². The Morgan fingerprint density at radius 1 is 1.35 bits per heavy atom. The molecule has 0 aliphatic carbocycles. The largest absolute Gasteiger partial charge is 0.492 e. The Labute approximate surface area is 134 Å². The van der Waals surface area contributed by atoms with Gasteiger partial charge in [0.2, 0.25) is 0 Å². The number of morpholine rings is 1. The van der Waals surface area contributed by atoms with E-state index in [0.29, 0.717) is 17.2 Å². The summed E-state index contributed by atoms with van der Waals surface area (Å²) in [6.07, 6.45) is 1.77. The van der Waals surface area contributed by atoms with Gasteiger partial charge in [-0.15, -0.1) is 0 Å². The Hall–Kier alpha value is -0.290.